The summed E-state index contributed by atoms with van der Waals surface area (Å²) in [5, 5.41) is 0. The molecular formula is C14H18O2S. The third kappa shape index (κ3) is 2.34. The number of fused-ring (bicyclic) bond motifs is 1. The van der Waals surface area contributed by atoms with Crippen LogP contribution in [0.15, 0.2) is 23.1 Å². The van der Waals surface area contributed by atoms with Gasteiger partial charge in [0.25, 0.3) is 0 Å². The van der Waals surface area contributed by atoms with Crippen LogP contribution >= 0.6 is 11.8 Å². The molecule has 0 radical (unpaired) electrons. The second kappa shape index (κ2) is 4.73. The van der Waals surface area contributed by atoms with Crippen molar-refractivity contribution in [3.8, 4) is 0 Å². The molecule has 1 aliphatic rings. The average Bonchev–Trinajstić information content (AvgIpc) is 2.37. The number of carbonyl (C=O) groups is 1. The largest absolute Gasteiger partial charge is 0.468 e. The number of thioether (sulfide) groups is 1. The maximum Gasteiger partial charge on any atom is 0.315 e. The Kier molecular flexibility index (Phi) is 3.48. The normalized spacial score (nSPS) is 15.2. The fourth-order valence-electron chi connectivity index (χ4n) is 2.12. The Labute approximate surface area is 107 Å². The van der Waals surface area contributed by atoms with Crippen LogP contribution in [-0.2, 0) is 21.4 Å². The van der Waals surface area contributed by atoms with E-state index in [1.807, 2.05) is 31.7 Å². The number of methoxy groups -OCH3 is 1. The molecular weight excluding hydrogens is 232 g/mol. The molecule has 17 heavy (non-hydrogen) atoms. The predicted octanol–water partition coefficient (Wildman–Crippen LogP) is 3.18. The molecule has 3 heteroatoms. The van der Waals surface area contributed by atoms with E-state index in [0.717, 1.165) is 12.0 Å². The molecule has 0 amide bonds. The minimum Gasteiger partial charge on any atom is -0.468 e. The van der Waals surface area contributed by atoms with Crippen LogP contribution in [-0.4, -0.2) is 18.8 Å². The average molecular weight is 250 g/mol. The van der Waals surface area contributed by atoms with Crippen molar-refractivity contribution in [1.29, 1.82) is 0 Å². The van der Waals surface area contributed by atoms with E-state index in [1.165, 1.54) is 29.7 Å². The Morgan fingerprint density at radius 1 is 1.41 bits per heavy atom. The first-order valence-electron chi connectivity index (χ1n) is 5.90. The highest BCUT2D eigenvalue weighted by molar-refractivity contribution is 7.99. The van der Waals surface area contributed by atoms with Crippen LogP contribution in [0.1, 0.15) is 31.4 Å². The molecule has 0 aromatic heterocycles. The zero-order valence-corrected chi connectivity index (χ0v) is 11.4. The highest BCUT2D eigenvalue weighted by Gasteiger charge is 2.31. The standard InChI is InChI=1S/C14H18O2S/c1-14(2,13(15)16-3)11-6-7-12-10(9-11)5-4-8-17-12/h6-7,9H,4-5,8H2,1-3H3. The van der Waals surface area contributed by atoms with Crippen molar-refractivity contribution in [1.82, 2.24) is 0 Å². The number of rotatable bonds is 2. The summed E-state index contributed by atoms with van der Waals surface area (Å²) in [6.07, 6.45) is 2.34. The van der Waals surface area contributed by atoms with Crippen LogP contribution in [0, 0.1) is 0 Å². The van der Waals surface area contributed by atoms with Crippen molar-refractivity contribution in [2.45, 2.75) is 37.0 Å². The molecule has 0 spiro atoms. The lowest BCUT2D eigenvalue weighted by molar-refractivity contribution is -0.146. The third-order valence-electron chi connectivity index (χ3n) is 3.33. The molecule has 0 N–H and O–H groups in total. The fraction of sp³-hybridized carbons (Fsp3) is 0.500. The Morgan fingerprint density at radius 2 is 2.18 bits per heavy atom. The van der Waals surface area contributed by atoms with Crippen LogP contribution in [0.4, 0.5) is 0 Å². The first-order valence-corrected chi connectivity index (χ1v) is 6.89. The number of hydrogen-bond acceptors (Lipinski definition) is 3. The van der Waals surface area contributed by atoms with Gasteiger partial charge in [0, 0.05) is 4.90 Å². The van der Waals surface area contributed by atoms with E-state index < -0.39 is 5.41 Å². The van der Waals surface area contributed by atoms with Crippen LogP contribution in [0.5, 0.6) is 0 Å². The summed E-state index contributed by atoms with van der Waals surface area (Å²) in [5.74, 6) is 1.02. The van der Waals surface area contributed by atoms with Gasteiger partial charge in [-0.05, 0) is 49.6 Å². The van der Waals surface area contributed by atoms with Gasteiger partial charge in [-0.3, -0.25) is 4.79 Å². The SMILES string of the molecule is COC(=O)C(C)(C)c1ccc2c(c1)CCCS2. The highest BCUT2D eigenvalue weighted by atomic mass is 32.2. The molecule has 1 heterocycles. The van der Waals surface area contributed by atoms with Crippen molar-refractivity contribution in [3.63, 3.8) is 0 Å². The van der Waals surface area contributed by atoms with Crippen LogP contribution in [0.3, 0.4) is 0 Å². The van der Waals surface area contributed by atoms with Gasteiger partial charge in [-0.25, -0.2) is 0 Å². The van der Waals surface area contributed by atoms with Crippen molar-refractivity contribution in [2.75, 3.05) is 12.9 Å². The van der Waals surface area contributed by atoms with E-state index in [1.54, 1.807) is 0 Å². The molecule has 1 aromatic rings. The molecule has 0 aliphatic carbocycles. The topological polar surface area (TPSA) is 26.3 Å². The lowest BCUT2D eigenvalue weighted by Crippen LogP contribution is -2.30. The second-order valence-electron chi connectivity index (χ2n) is 4.89. The number of carbonyl (C=O) groups excluding carboxylic acids is 1. The molecule has 92 valence electrons. The third-order valence-corrected chi connectivity index (χ3v) is 4.53. The first-order chi connectivity index (χ1) is 8.05. The molecule has 0 unspecified atom stereocenters. The number of aryl methyl sites for hydroxylation is 1. The molecule has 0 saturated heterocycles. The van der Waals surface area contributed by atoms with Gasteiger partial charge in [-0.2, -0.15) is 0 Å². The zero-order valence-electron chi connectivity index (χ0n) is 10.6. The lowest BCUT2D eigenvalue weighted by atomic mass is 9.83. The van der Waals surface area contributed by atoms with Crippen molar-refractivity contribution in [3.05, 3.63) is 29.3 Å². The lowest BCUT2D eigenvalue weighted by Gasteiger charge is -2.24. The van der Waals surface area contributed by atoms with Gasteiger partial charge in [0.1, 0.15) is 0 Å². The van der Waals surface area contributed by atoms with Gasteiger partial charge in [0.2, 0.25) is 0 Å². The summed E-state index contributed by atoms with van der Waals surface area (Å²) in [5.41, 5.74) is 1.85. The predicted molar refractivity (Wildman–Crippen MR) is 70.5 cm³/mol. The molecule has 2 rings (SSSR count). The minimum absolute atomic E-state index is 0.180. The van der Waals surface area contributed by atoms with Crippen molar-refractivity contribution < 1.29 is 9.53 Å². The molecule has 2 nitrogen and oxygen atoms in total. The number of hydrogen-bond donors (Lipinski definition) is 0. The van der Waals surface area contributed by atoms with Gasteiger partial charge >= 0.3 is 5.97 Å². The van der Waals surface area contributed by atoms with Crippen LogP contribution in [0.25, 0.3) is 0 Å². The van der Waals surface area contributed by atoms with Crippen molar-refractivity contribution in [2.24, 2.45) is 0 Å². The summed E-state index contributed by atoms with van der Waals surface area (Å²) >= 11 is 1.91. The van der Waals surface area contributed by atoms with Gasteiger partial charge in [0.15, 0.2) is 0 Å². The summed E-state index contributed by atoms with van der Waals surface area (Å²) < 4.78 is 4.87. The van der Waals surface area contributed by atoms with Gasteiger partial charge in [-0.1, -0.05) is 12.1 Å². The molecule has 0 bridgehead atoms. The monoisotopic (exact) mass is 250 g/mol. The number of benzene rings is 1. The Bertz CT molecular complexity index is 438. The second-order valence-corrected chi connectivity index (χ2v) is 6.03. The molecule has 0 atom stereocenters. The highest BCUT2D eigenvalue weighted by Crippen LogP contribution is 2.34. The van der Waals surface area contributed by atoms with E-state index in [-0.39, 0.29) is 5.97 Å². The fourth-order valence-corrected chi connectivity index (χ4v) is 3.14. The van der Waals surface area contributed by atoms with Crippen LogP contribution in [0.2, 0.25) is 0 Å². The smallest absolute Gasteiger partial charge is 0.315 e. The van der Waals surface area contributed by atoms with Crippen LogP contribution < -0.4 is 0 Å². The zero-order chi connectivity index (χ0) is 12.5. The van der Waals surface area contributed by atoms with E-state index >= 15 is 0 Å². The molecule has 1 aliphatic heterocycles. The maximum atomic E-state index is 11.8. The van der Waals surface area contributed by atoms with E-state index in [9.17, 15) is 4.79 Å². The maximum absolute atomic E-state index is 11.8. The van der Waals surface area contributed by atoms with Gasteiger partial charge in [0.05, 0.1) is 12.5 Å². The van der Waals surface area contributed by atoms with Crippen molar-refractivity contribution >= 4 is 17.7 Å². The molecule has 0 fully saturated rings. The quantitative estimate of drug-likeness (QED) is 0.754. The minimum atomic E-state index is -0.564. The number of ether oxygens (including phenoxy) is 1. The summed E-state index contributed by atoms with van der Waals surface area (Å²) in [6.45, 7) is 3.83. The van der Waals surface area contributed by atoms with Gasteiger partial charge < -0.3 is 4.74 Å². The first kappa shape index (κ1) is 12.5. The Hall–Kier alpha value is -0.960. The summed E-state index contributed by atoms with van der Waals surface area (Å²) in [6, 6.07) is 6.35. The number of esters is 1. The Morgan fingerprint density at radius 3 is 2.88 bits per heavy atom. The summed E-state index contributed by atoms with van der Waals surface area (Å²) in [7, 11) is 1.44. The van der Waals surface area contributed by atoms with Gasteiger partial charge in [-0.15, -0.1) is 11.8 Å². The Balaban J connectivity index is 2.36. The molecule has 0 saturated carbocycles. The molecule has 1 aromatic carbocycles. The van der Waals surface area contributed by atoms with E-state index in [2.05, 4.69) is 12.1 Å². The van der Waals surface area contributed by atoms with E-state index in [0.29, 0.717) is 0 Å². The van der Waals surface area contributed by atoms with E-state index in [4.69, 9.17) is 4.74 Å². The summed E-state index contributed by atoms with van der Waals surface area (Å²) in [4.78, 5) is 13.1.